The second-order valence-corrected chi connectivity index (χ2v) is 11.3. The van der Waals surface area contributed by atoms with E-state index in [0.29, 0.717) is 35.9 Å². The highest BCUT2D eigenvalue weighted by atomic mass is 35.5. The Morgan fingerprint density at radius 3 is 2.76 bits per heavy atom. The van der Waals surface area contributed by atoms with Crippen molar-refractivity contribution in [3.8, 4) is 6.07 Å². The van der Waals surface area contributed by atoms with Crippen molar-refractivity contribution < 1.29 is 13.2 Å². The summed E-state index contributed by atoms with van der Waals surface area (Å²) in [4.78, 5) is 24.5. The molecule has 0 bridgehead atoms. The number of carbonyl (C=O) groups is 1. The van der Waals surface area contributed by atoms with Crippen molar-refractivity contribution in [3.05, 3.63) is 53.1 Å². The van der Waals surface area contributed by atoms with Crippen LogP contribution in [0.25, 0.3) is 11.0 Å². The maximum Gasteiger partial charge on any atom is 0.238 e. The monoisotopic (exact) mass is 483 g/mol. The van der Waals surface area contributed by atoms with Gasteiger partial charge < -0.3 is 9.47 Å². The molecule has 5 rings (SSSR count). The molecule has 1 spiro atoms. The van der Waals surface area contributed by atoms with E-state index in [4.69, 9.17) is 21.8 Å². The number of rotatable bonds is 5. The summed E-state index contributed by atoms with van der Waals surface area (Å²) in [5.74, 6) is 0.585. The fourth-order valence-electron chi connectivity index (χ4n) is 5.00. The topological polar surface area (TPSA) is 109 Å². The first kappa shape index (κ1) is 21.9. The summed E-state index contributed by atoms with van der Waals surface area (Å²) >= 11 is 6.17. The third-order valence-corrected chi connectivity index (χ3v) is 8.59. The molecule has 0 unspecified atom stereocenters. The number of nitrogens with zero attached hydrogens (tertiary/aromatic N) is 5. The third kappa shape index (κ3) is 3.67. The molecule has 0 radical (unpaired) electrons. The number of unbranched alkanes of at least 4 members (excludes halogenated alkanes) is 1. The number of aryl methyl sites for hydroxylation is 1. The SMILES string of the molecule is N#CCCCn1c(CN2C(=O)C3(CCS(=O)(=O)CC3)c3ccncc32)nc2cc(Cl)ccc21. The highest BCUT2D eigenvalue weighted by Crippen LogP contribution is 2.48. The Morgan fingerprint density at radius 1 is 1.21 bits per heavy atom. The minimum atomic E-state index is -3.13. The van der Waals surface area contributed by atoms with Gasteiger partial charge in [0, 0.05) is 24.2 Å². The van der Waals surface area contributed by atoms with Crippen LogP contribution in [-0.4, -0.2) is 40.4 Å². The Kier molecular flexibility index (Phi) is 5.38. The van der Waals surface area contributed by atoms with E-state index in [1.807, 2.05) is 16.7 Å². The molecule has 4 heterocycles. The highest BCUT2D eigenvalue weighted by molar-refractivity contribution is 7.91. The van der Waals surface area contributed by atoms with Crippen LogP contribution in [0.4, 0.5) is 5.69 Å². The Labute approximate surface area is 196 Å². The molecule has 1 saturated heterocycles. The maximum atomic E-state index is 13.8. The van der Waals surface area contributed by atoms with Crippen LogP contribution in [0, 0.1) is 11.3 Å². The van der Waals surface area contributed by atoms with E-state index in [2.05, 4.69) is 11.1 Å². The van der Waals surface area contributed by atoms with E-state index in [-0.39, 0.29) is 36.8 Å². The van der Waals surface area contributed by atoms with Crippen LogP contribution in [0.2, 0.25) is 5.02 Å². The van der Waals surface area contributed by atoms with Crippen molar-refractivity contribution in [2.75, 3.05) is 16.4 Å². The molecule has 2 aromatic heterocycles. The van der Waals surface area contributed by atoms with Gasteiger partial charge in [0.25, 0.3) is 0 Å². The van der Waals surface area contributed by atoms with Crippen molar-refractivity contribution in [1.82, 2.24) is 14.5 Å². The van der Waals surface area contributed by atoms with E-state index in [9.17, 15) is 13.2 Å². The summed E-state index contributed by atoms with van der Waals surface area (Å²) in [5.41, 5.74) is 2.32. The first-order valence-electron chi connectivity index (χ1n) is 10.8. The average molecular weight is 484 g/mol. The third-order valence-electron chi connectivity index (χ3n) is 6.70. The average Bonchev–Trinajstić information content (AvgIpc) is 3.24. The van der Waals surface area contributed by atoms with Gasteiger partial charge >= 0.3 is 0 Å². The fourth-order valence-corrected chi connectivity index (χ4v) is 6.69. The lowest BCUT2D eigenvalue weighted by Crippen LogP contribution is -2.45. The zero-order valence-corrected chi connectivity index (χ0v) is 19.4. The summed E-state index contributed by atoms with van der Waals surface area (Å²) in [6, 6.07) is 9.49. The van der Waals surface area contributed by atoms with Crippen LogP contribution in [0.3, 0.4) is 0 Å². The van der Waals surface area contributed by atoms with E-state index < -0.39 is 15.3 Å². The van der Waals surface area contributed by atoms with Crippen molar-refractivity contribution in [2.24, 2.45) is 0 Å². The number of hydrogen-bond acceptors (Lipinski definition) is 6. The number of halogens is 1. The van der Waals surface area contributed by atoms with Gasteiger partial charge in [0.2, 0.25) is 5.91 Å². The molecule has 170 valence electrons. The van der Waals surface area contributed by atoms with Crippen LogP contribution in [0.15, 0.2) is 36.7 Å². The smallest absolute Gasteiger partial charge is 0.238 e. The first-order valence-corrected chi connectivity index (χ1v) is 13.0. The predicted molar refractivity (Wildman–Crippen MR) is 125 cm³/mol. The highest BCUT2D eigenvalue weighted by Gasteiger charge is 2.53. The minimum absolute atomic E-state index is 0.000482. The largest absolute Gasteiger partial charge is 0.326 e. The number of pyridine rings is 1. The van der Waals surface area contributed by atoms with Gasteiger partial charge in [-0.3, -0.25) is 9.78 Å². The molecule has 0 atom stereocenters. The quantitative estimate of drug-likeness (QED) is 0.514. The number of fused-ring (bicyclic) bond motifs is 3. The van der Waals surface area contributed by atoms with Gasteiger partial charge in [-0.1, -0.05) is 11.6 Å². The predicted octanol–water partition coefficient (Wildman–Crippen LogP) is 3.38. The summed E-state index contributed by atoms with van der Waals surface area (Å²) in [7, 11) is -3.13. The molecule has 3 aromatic rings. The second kappa shape index (κ2) is 8.12. The van der Waals surface area contributed by atoms with E-state index >= 15 is 0 Å². The Bertz CT molecular complexity index is 1400. The summed E-state index contributed by atoms with van der Waals surface area (Å²) < 4.78 is 26.2. The molecule has 2 aliphatic rings. The second-order valence-electron chi connectivity index (χ2n) is 8.59. The van der Waals surface area contributed by atoms with Gasteiger partial charge in [0.15, 0.2) is 0 Å². The number of anilines is 1. The van der Waals surface area contributed by atoms with Gasteiger partial charge in [-0.15, -0.1) is 0 Å². The van der Waals surface area contributed by atoms with Crippen LogP contribution in [-0.2, 0) is 33.1 Å². The van der Waals surface area contributed by atoms with Gasteiger partial charge in [0.05, 0.1) is 52.5 Å². The van der Waals surface area contributed by atoms with Crippen LogP contribution >= 0.6 is 11.6 Å². The molecule has 1 fully saturated rings. The number of amides is 1. The zero-order valence-electron chi connectivity index (χ0n) is 17.9. The Hall–Kier alpha value is -2.96. The van der Waals surface area contributed by atoms with Gasteiger partial charge in [-0.2, -0.15) is 5.26 Å². The Balaban J connectivity index is 1.55. The van der Waals surface area contributed by atoms with Crippen LogP contribution < -0.4 is 4.90 Å². The summed E-state index contributed by atoms with van der Waals surface area (Å²) in [6.07, 6.45) is 4.95. The molecule has 2 aliphatic heterocycles. The minimum Gasteiger partial charge on any atom is -0.326 e. The number of nitriles is 1. The molecule has 8 nitrogen and oxygen atoms in total. The van der Waals surface area contributed by atoms with E-state index in [1.54, 1.807) is 29.4 Å². The normalized spacial score (nSPS) is 18.5. The van der Waals surface area contributed by atoms with Gasteiger partial charge in [-0.25, -0.2) is 13.4 Å². The molecule has 0 N–H and O–H groups in total. The summed E-state index contributed by atoms with van der Waals surface area (Å²) in [5, 5.41) is 9.54. The standard InChI is InChI=1S/C23H22ClN5O3S/c24-16-3-4-19-18(13-16)27-21(28(19)10-2-1-8-25)15-29-20-14-26-9-5-17(20)23(22(29)30)6-11-33(31,32)12-7-23/h3-5,9,13-14H,1-2,6-7,10-12,15H2. The molecule has 1 amide bonds. The number of imidazole rings is 1. The number of aromatic nitrogens is 3. The lowest BCUT2D eigenvalue weighted by Gasteiger charge is -2.32. The molecule has 0 saturated carbocycles. The summed E-state index contributed by atoms with van der Waals surface area (Å²) in [6.45, 7) is 0.817. The maximum absolute atomic E-state index is 13.8. The molecular weight excluding hydrogens is 462 g/mol. The van der Waals surface area contributed by atoms with Gasteiger partial charge in [0.1, 0.15) is 15.7 Å². The van der Waals surface area contributed by atoms with Crippen molar-refractivity contribution in [3.63, 3.8) is 0 Å². The molecule has 0 aliphatic carbocycles. The molecule has 10 heteroatoms. The molecule has 33 heavy (non-hydrogen) atoms. The van der Waals surface area contributed by atoms with Crippen molar-refractivity contribution in [2.45, 2.75) is 44.2 Å². The number of sulfone groups is 1. The Morgan fingerprint density at radius 2 is 2.00 bits per heavy atom. The number of benzene rings is 1. The lowest BCUT2D eigenvalue weighted by molar-refractivity contribution is -0.123. The number of hydrogen-bond donors (Lipinski definition) is 0. The lowest BCUT2D eigenvalue weighted by atomic mass is 9.77. The van der Waals surface area contributed by atoms with Crippen molar-refractivity contribution >= 4 is 44.1 Å². The molecule has 1 aromatic carbocycles. The van der Waals surface area contributed by atoms with Crippen LogP contribution in [0.1, 0.15) is 37.1 Å². The van der Waals surface area contributed by atoms with Crippen molar-refractivity contribution in [1.29, 1.82) is 5.26 Å². The zero-order chi connectivity index (χ0) is 23.2. The van der Waals surface area contributed by atoms with E-state index in [1.165, 1.54) is 0 Å². The fraction of sp³-hybridized carbons (Fsp3) is 0.391. The van der Waals surface area contributed by atoms with Crippen LogP contribution in [0.5, 0.6) is 0 Å². The molecular formula is C23H22ClN5O3S. The number of carbonyl (C=O) groups excluding carboxylic acids is 1. The van der Waals surface area contributed by atoms with Gasteiger partial charge in [-0.05, 0) is 49.1 Å². The first-order chi connectivity index (χ1) is 15.8. The van der Waals surface area contributed by atoms with E-state index in [0.717, 1.165) is 16.6 Å².